The summed E-state index contributed by atoms with van der Waals surface area (Å²) in [6, 6.07) is 95.5. The fourth-order valence-electron chi connectivity index (χ4n) is 22.3. The second-order valence-corrected chi connectivity index (χ2v) is 54.1. The molecule has 0 saturated carbocycles. The summed E-state index contributed by atoms with van der Waals surface area (Å²) in [5.41, 5.74) is 34.1. The normalized spacial score (nSPS) is 14.5. The first kappa shape index (κ1) is 92.5. The Morgan fingerprint density at radius 2 is 0.467 bits per heavy atom. The Morgan fingerprint density at radius 1 is 0.226 bits per heavy atom. The number of hydrogen-bond donors (Lipinski definition) is 0. The van der Waals surface area contributed by atoms with E-state index in [0.29, 0.717) is 11.1 Å². The second-order valence-electron chi connectivity index (χ2n) is 54.1. The maximum atomic E-state index is 10.8. The van der Waals surface area contributed by atoms with E-state index >= 15 is 0 Å². The first-order valence-corrected chi connectivity index (χ1v) is 51.1. The summed E-state index contributed by atoms with van der Waals surface area (Å²) in [5, 5.41) is 4.94. The van der Waals surface area contributed by atoms with Crippen LogP contribution in [0.2, 0.25) is 0 Å². The van der Waals surface area contributed by atoms with Gasteiger partial charge in [0, 0.05) is 83.4 Å². The molecule has 710 valence electrons. The van der Waals surface area contributed by atoms with Gasteiger partial charge in [0.1, 0.15) is 0 Å². The van der Waals surface area contributed by atoms with Gasteiger partial charge in [0.2, 0.25) is 0 Å². The van der Waals surface area contributed by atoms with Crippen LogP contribution in [0.3, 0.4) is 0 Å². The van der Waals surface area contributed by atoms with Gasteiger partial charge in [-0.05, 0) is 333 Å². The number of aromatic nitrogens is 2. The molecule has 2 aromatic heterocycles. The molecule has 137 heavy (non-hydrogen) atoms. The van der Waals surface area contributed by atoms with E-state index in [1.807, 2.05) is 0 Å². The summed E-state index contributed by atoms with van der Waals surface area (Å²) in [4.78, 5) is 5.42. The van der Waals surface area contributed by atoms with Gasteiger partial charge in [-0.15, -0.1) is 0 Å². The molecule has 4 nitrogen and oxygen atoms in total. The lowest BCUT2D eigenvalue weighted by molar-refractivity contribution is 0.410. The van der Waals surface area contributed by atoms with Crippen molar-refractivity contribution >= 4 is 101 Å². The molecule has 0 fully saturated rings. The fraction of sp³-hybridized carbons (Fsp3) is 0.409. The first-order chi connectivity index (χ1) is 65.2. The largest absolute Gasteiger partial charge is 0.310 e. The van der Waals surface area contributed by atoms with Crippen molar-refractivity contribution in [2.24, 2.45) is 54.1 Å². The highest BCUT2D eigenvalue weighted by Crippen LogP contribution is 2.57. The Morgan fingerprint density at radius 3 is 0.693 bits per heavy atom. The average Bonchev–Trinajstić information content (AvgIpc) is 1.24. The van der Waals surface area contributed by atoms with Gasteiger partial charge in [0.25, 0.3) is 6.71 Å². The van der Waals surface area contributed by atoms with Gasteiger partial charge in [-0.1, -0.05) is 362 Å². The zero-order chi connectivity index (χ0) is 102. The third kappa shape index (κ3) is 21.8. The molecule has 2 aliphatic heterocycles. The predicted molar refractivity (Wildman–Crippen MR) is 601 cm³/mol. The van der Waals surface area contributed by atoms with Crippen molar-refractivity contribution in [3.63, 3.8) is 0 Å². The van der Waals surface area contributed by atoms with Gasteiger partial charge in [-0.25, -0.2) is 0 Å². The molecule has 0 atom stereocenters. The highest BCUT2D eigenvalue weighted by molar-refractivity contribution is 7.00. The van der Waals surface area contributed by atoms with Gasteiger partial charge < -0.3 is 18.9 Å². The Labute approximate surface area is 831 Å². The zero-order valence-corrected chi connectivity index (χ0v) is 89.6. The highest BCUT2D eigenvalue weighted by atomic mass is 15.2. The zero-order valence-electron chi connectivity index (χ0n) is 93.6. The van der Waals surface area contributed by atoms with Crippen molar-refractivity contribution in [3.8, 4) is 55.9 Å². The van der Waals surface area contributed by atoms with E-state index in [0.717, 1.165) is 185 Å². The Balaban J connectivity index is 1.11. The van der Waals surface area contributed by atoms with Crippen LogP contribution in [0.1, 0.15) is 295 Å². The Hall–Kier alpha value is -10.9. The first-order valence-electron chi connectivity index (χ1n) is 53.1. The van der Waals surface area contributed by atoms with Crippen LogP contribution in [-0.4, -0.2) is 15.8 Å². The second kappa shape index (κ2) is 35.2. The van der Waals surface area contributed by atoms with Crippen LogP contribution in [0.15, 0.2) is 243 Å². The van der Waals surface area contributed by atoms with E-state index in [-0.39, 0.29) is 43.3 Å². The standard InChI is InChI=1S/C132H159BN4/c1-122(2,3)74-84-38-34-42-94(58-84)101-66-92(82-130(25,26)27)67-102(95-43-35-39-85(59-95)75-123(4,5)6)120(101)136-115-72-99(134-111-54-46-88(78-126(13,14)15)62-105(111)106-63-89(47-55-112(106)134)79-127(16,17)18)50-52-109(115)133-110-53-51-100(135-113-56-48-90(80-128(19,20)21)64-107(113)108-65-91(49-57-114(108)135)81-129(22,23)24)73-116(110)137(118-71-98(132(31,32)33)70-117(136)119(118)133)121-103(96-44-36-40-86(60-96)76-124(7,8)9)68-93(83-131(28,29)30)69-104(121)97-45-37-41-87(61-97)77-125(10,11)12/h34-73H,74-83H2,1-33H3/i82D2,83D2. The fourth-order valence-corrected chi connectivity index (χ4v) is 22.3. The topological polar surface area (TPSA) is 16.3 Å². The van der Waals surface area contributed by atoms with Crippen LogP contribution in [0, 0.1) is 54.1 Å². The van der Waals surface area contributed by atoms with Crippen LogP contribution < -0.4 is 26.2 Å². The van der Waals surface area contributed by atoms with Gasteiger partial charge in [0.15, 0.2) is 0 Å². The van der Waals surface area contributed by atoms with Crippen LogP contribution in [-0.2, 0) is 69.5 Å². The van der Waals surface area contributed by atoms with Gasteiger partial charge in [-0.3, -0.25) is 0 Å². The molecular weight excluding hydrogens is 1650 g/mol. The van der Waals surface area contributed by atoms with Crippen LogP contribution in [0.5, 0.6) is 0 Å². The van der Waals surface area contributed by atoms with E-state index < -0.39 is 35.7 Å². The van der Waals surface area contributed by atoms with Gasteiger partial charge in [0.05, 0.1) is 33.4 Å². The minimum Gasteiger partial charge on any atom is -0.310 e. The van der Waals surface area contributed by atoms with Gasteiger partial charge >= 0.3 is 0 Å². The van der Waals surface area contributed by atoms with Crippen molar-refractivity contribution in [3.05, 3.63) is 304 Å². The van der Waals surface area contributed by atoms with Crippen LogP contribution in [0.25, 0.3) is 99.5 Å². The predicted octanol–water partition coefficient (Wildman–Crippen LogP) is 35.8. The van der Waals surface area contributed by atoms with Crippen LogP contribution >= 0.6 is 0 Å². The number of benzene rings is 13. The SMILES string of the molecule is [2H]C([2H])(c1cc(-c2cccc(CC(C)(C)C)c2)c(N2c3cc(-n4c5ccc(CC(C)(C)C)cc5c5cc(CC(C)(C)C)ccc54)ccc3B3c4ccc(-n5c6ccc(CC(C)(C)C)cc6c6cc(CC(C)(C)C)ccc65)cc4N(c4c(-c5cccc(CC(C)(C)C)c5)cc(C([2H])([2H])C(C)(C)C)cc4-c4cccc(CC(C)(C)C)c4)c4cc(C(C)(C)C)cc2c43)c(-c2cccc(CC(C)(C)C)c2)c1)C(C)(C)C. The molecule has 4 heterocycles. The average molecular weight is 1820 g/mol. The van der Waals surface area contributed by atoms with Crippen molar-refractivity contribution in [2.75, 3.05) is 9.80 Å². The lowest BCUT2D eigenvalue weighted by Gasteiger charge is -2.46. The minimum absolute atomic E-state index is 0.0458. The maximum absolute atomic E-state index is 10.8. The van der Waals surface area contributed by atoms with Gasteiger partial charge in [-0.2, -0.15) is 0 Å². The highest BCUT2D eigenvalue weighted by Gasteiger charge is 2.47. The van der Waals surface area contributed by atoms with E-state index in [4.69, 9.17) is 0 Å². The Bertz CT molecular complexity index is 6650. The van der Waals surface area contributed by atoms with Crippen molar-refractivity contribution < 1.29 is 5.48 Å². The van der Waals surface area contributed by atoms with E-state index in [2.05, 4.69) is 490 Å². The lowest BCUT2D eigenvalue weighted by atomic mass is 9.33. The summed E-state index contributed by atoms with van der Waals surface area (Å²) >= 11 is 0. The maximum Gasteiger partial charge on any atom is 0.252 e. The number of nitrogens with zero attached hydrogens (tertiary/aromatic N) is 4. The molecule has 17 rings (SSSR count). The summed E-state index contributed by atoms with van der Waals surface area (Å²) in [7, 11) is 0. The molecule has 5 heteroatoms. The molecule has 0 saturated heterocycles. The number of anilines is 6. The van der Waals surface area contributed by atoms with E-state index in [1.165, 1.54) is 66.1 Å². The Kier molecular flexibility index (Phi) is 23.7. The monoisotopic (exact) mass is 1820 g/mol. The molecule has 0 N–H and O–H groups in total. The summed E-state index contributed by atoms with van der Waals surface area (Å²) in [6.07, 6.45) is 3.32. The summed E-state index contributed by atoms with van der Waals surface area (Å²) < 4.78 is 48.3. The van der Waals surface area contributed by atoms with Crippen molar-refractivity contribution in [2.45, 2.75) is 298 Å². The number of hydrogen-bond acceptors (Lipinski definition) is 2. The molecule has 2 aliphatic rings. The molecule has 0 spiro atoms. The molecular formula is C132H159BN4. The third-order valence-electron chi connectivity index (χ3n) is 26.7. The summed E-state index contributed by atoms with van der Waals surface area (Å²) in [6.45, 7) is 75.4. The molecule has 0 radical (unpaired) electrons. The third-order valence-corrected chi connectivity index (χ3v) is 26.7. The molecule has 0 unspecified atom stereocenters. The van der Waals surface area contributed by atoms with Crippen LogP contribution in [0.4, 0.5) is 34.1 Å². The molecule has 13 aromatic carbocycles. The number of fused-ring (bicyclic) bond motifs is 10. The quantitative estimate of drug-likeness (QED) is 0.0796. The summed E-state index contributed by atoms with van der Waals surface area (Å²) in [5.74, 6) is 0. The molecule has 0 bridgehead atoms. The number of rotatable bonds is 18. The van der Waals surface area contributed by atoms with E-state index in [1.54, 1.807) is 0 Å². The minimum atomic E-state index is -1.84. The lowest BCUT2D eigenvalue weighted by Crippen LogP contribution is -2.61. The molecule has 0 aliphatic carbocycles. The van der Waals surface area contributed by atoms with E-state index in [9.17, 15) is 5.48 Å². The smallest absolute Gasteiger partial charge is 0.252 e. The molecule has 0 amide bonds. The van der Waals surface area contributed by atoms with Crippen molar-refractivity contribution in [1.29, 1.82) is 0 Å². The van der Waals surface area contributed by atoms with Crippen molar-refractivity contribution in [1.82, 2.24) is 9.13 Å². The molecule has 15 aromatic rings.